The first-order valence-electron chi connectivity index (χ1n) is 10.3. The number of nitrogens with one attached hydrogen (secondary N) is 1. The van der Waals surface area contributed by atoms with Gasteiger partial charge in [-0.05, 0) is 49.2 Å². The third-order valence-corrected chi connectivity index (χ3v) is 5.85. The van der Waals surface area contributed by atoms with Crippen molar-refractivity contribution in [3.8, 4) is 6.07 Å². The molecule has 2 heterocycles. The van der Waals surface area contributed by atoms with Crippen molar-refractivity contribution in [3.63, 3.8) is 0 Å². The monoisotopic (exact) mass is 450 g/mol. The van der Waals surface area contributed by atoms with Gasteiger partial charge in [0.05, 0.1) is 0 Å². The first-order chi connectivity index (χ1) is 15.4. The van der Waals surface area contributed by atoms with Gasteiger partial charge in [-0.2, -0.15) is 5.26 Å². The molecule has 3 aromatic rings. The zero-order valence-corrected chi connectivity index (χ0v) is 18.6. The summed E-state index contributed by atoms with van der Waals surface area (Å²) in [6.45, 7) is 6.97. The Morgan fingerprint density at radius 3 is 2.75 bits per heavy atom. The quantitative estimate of drug-likeness (QED) is 0.627. The van der Waals surface area contributed by atoms with E-state index in [1.54, 1.807) is 6.07 Å². The number of carbonyl (C=O) groups is 1. The van der Waals surface area contributed by atoms with E-state index in [4.69, 9.17) is 21.3 Å². The van der Waals surface area contributed by atoms with Crippen LogP contribution in [0.4, 0.5) is 11.7 Å². The van der Waals surface area contributed by atoms with E-state index in [2.05, 4.69) is 27.3 Å². The van der Waals surface area contributed by atoms with E-state index in [1.807, 2.05) is 54.3 Å². The number of nitrogens with zero attached hydrogens (tertiary/aromatic N) is 5. The number of amides is 1. The largest absolute Gasteiger partial charge is 0.395 e. The Balaban J connectivity index is 1.45. The number of hydrogen-bond donors (Lipinski definition) is 1. The number of hydrogen-bond acceptors (Lipinski definition) is 7. The Bertz CT molecular complexity index is 1160. The normalized spacial score (nSPS) is 16.6. The fourth-order valence-corrected chi connectivity index (χ4v) is 4.17. The smallest absolute Gasteiger partial charge is 0.322 e. The Labute approximate surface area is 191 Å². The Morgan fingerprint density at radius 2 is 2.06 bits per heavy atom. The number of rotatable bonds is 5. The molecule has 8 nitrogen and oxygen atoms in total. The second-order valence-electron chi connectivity index (χ2n) is 7.84. The molecule has 4 rings (SSSR count). The maximum atomic E-state index is 12.9. The minimum absolute atomic E-state index is 0.0690. The highest BCUT2D eigenvalue weighted by molar-refractivity contribution is 6.31. The summed E-state index contributed by atoms with van der Waals surface area (Å²) in [5.74, 6) is -0.0382. The van der Waals surface area contributed by atoms with Gasteiger partial charge in [0.1, 0.15) is 0 Å². The molecule has 0 radical (unpaired) electrons. The van der Waals surface area contributed by atoms with Crippen molar-refractivity contribution in [2.75, 3.05) is 25.0 Å². The molecule has 9 heteroatoms. The highest BCUT2D eigenvalue weighted by Gasteiger charge is 2.28. The molecule has 0 spiro atoms. The molecule has 164 valence electrons. The number of aromatic nitrogens is 2. The highest BCUT2D eigenvalue weighted by atomic mass is 35.5. The van der Waals surface area contributed by atoms with Gasteiger partial charge in [0.2, 0.25) is 0 Å². The van der Waals surface area contributed by atoms with Crippen molar-refractivity contribution in [1.29, 1.82) is 5.26 Å². The molecule has 1 aromatic heterocycles. The predicted octanol–water partition coefficient (Wildman–Crippen LogP) is 3.99. The molecule has 1 aliphatic heterocycles. The molecule has 0 bridgehead atoms. The fraction of sp³-hybridized carbons (Fsp3) is 0.304. The SMILES string of the molecule is Cc1c(CN2CCN(C(=O)c3ccccc3)[C@@H](C)C2)cc(Cl)cc1Nc1nnc(C#N)o1. The summed E-state index contributed by atoms with van der Waals surface area (Å²) in [6.07, 6.45) is 0. The summed E-state index contributed by atoms with van der Waals surface area (Å²) >= 11 is 6.37. The lowest BCUT2D eigenvalue weighted by Gasteiger charge is -2.40. The molecule has 2 aromatic carbocycles. The van der Waals surface area contributed by atoms with Crippen molar-refractivity contribution in [2.24, 2.45) is 0 Å². The molecule has 0 saturated carbocycles. The molecule has 1 amide bonds. The van der Waals surface area contributed by atoms with Gasteiger partial charge in [0, 0.05) is 48.5 Å². The van der Waals surface area contributed by atoms with E-state index < -0.39 is 0 Å². The predicted molar refractivity (Wildman–Crippen MR) is 121 cm³/mol. The molecule has 1 aliphatic rings. The standard InChI is InChI=1S/C23H23ClN6O2/c1-15-13-29(8-9-30(15)22(31)17-6-4-3-5-7-17)14-18-10-19(24)11-20(16(18)2)26-23-28-27-21(12-25)32-23/h3-7,10-11,15H,8-9,13-14H2,1-2H3,(H,26,28)/t15-/m0/s1. The van der Waals surface area contributed by atoms with Gasteiger partial charge in [-0.3, -0.25) is 9.69 Å². The van der Waals surface area contributed by atoms with Gasteiger partial charge < -0.3 is 14.6 Å². The fourth-order valence-electron chi connectivity index (χ4n) is 3.93. The number of carbonyl (C=O) groups excluding carboxylic acids is 1. The number of anilines is 2. The first kappa shape index (κ1) is 21.8. The summed E-state index contributed by atoms with van der Waals surface area (Å²) in [5, 5.41) is 19.9. The maximum Gasteiger partial charge on any atom is 0.322 e. The van der Waals surface area contributed by atoms with Crippen molar-refractivity contribution in [3.05, 3.63) is 70.1 Å². The van der Waals surface area contributed by atoms with Gasteiger partial charge in [-0.15, -0.1) is 0 Å². The van der Waals surface area contributed by atoms with E-state index in [9.17, 15) is 4.79 Å². The van der Waals surface area contributed by atoms with Crippen LogP contribution in [0.1, 0.15) is 34.3 Å². The van der Waals surface area contributed by atoms with Crippen molar-refractivity contribution < 1.29 is 9.21 Å². The molecule has 0 aliphatic carbocycles. The molecular weight excluding hydrogens is 428 g/mol. The Hall–Kier alpha value is -3.41. The number of nitriles is 1. The topological polar surface area (TPSA) is 98.3 Å². The van der Waals surface area contributed by atoms with Crippen LogP contribution in [0.3, 0.4) is 0 Å². The summed E-state index contributed by atoms with van der Waals surface area (Å²) in [6, 6.07) is 15.2. The lowest BCUT2D eigenvalue weighted by atomic mass is 10.0. The van der Waals surface area contributed by atoms with E-state index in [1.165, 1.54) is 0 Å². The van der Waals surface area contributed by atoms with Gasteiger partial charge in [0.15, 0.2) is 6.07 Å². The van der Waals surface area contributed by atoms with Crippen LogP contribution in [0.5, 0.6) is 0 Å². The van der Waals surface area contributed by atoms with Gasteiger partial charge >= 0.3 is 11.9 Å². The Morgan fingerprint density at radius 1 is 1.28 bits per heavy atom. The summed E-state index contributed by atoms with van der Waals surface area (Å²) < 4.78 is 5.22. The summed E-state index contributed by atoms with van der Waals surface area (Å²) in [4.78, 5) is 17.1. The molecular formula is C23H23ClN6O2. The number of piperazine rings is 1. The van der Waals surface area contributed by atoms with Crippen molar-refractivity contribution in [1.82, 2.24) is 20.0 Å². The van der Waals surface area contributed by atoms with Crippen LogP contribution in [0.15, 0.2) is 46.9 Å². The zero-order valence-electron chi connectivity index (χ0n) is 17.9. The van der Waals surface area contributed by atoms with E-state index in [0.29, 0.717) is 18.1 Å². The van der Waals surface area contributed by atoms with Crippen molar-refractivity contribution >= 4 is 29.2 Å². The first-order valence-corrected chi connectivity index (χ1v) is 10.7. The van der Waals surface area contributed by atoms with Crippen LogP contribution in [-0.2, 0) is 6.54 Å². The minimum Gasteiger partial charge on any atom is -0.395 e. The summed E-state index contributed by atoms with van der Waals surface area (Å²) in [5.41, 5.74) is 3.53. The molecule has 1 N–H and O–H groups in total. The third-order valence-electron chi connectivity index (χ3n) is 5.63. The van der Waals surface area contributed by atoms with Crippen LogP contribution in [0, 0.1) is 18.3 Å². The Kier molecular flexibility index (Phi) is 6.40. The van der Waals surface area contributed by atoms with Crippen molar-refractivity contribution in [2.45, 2.75) is 26.4 Å². The molecule has 1 fully saturated rings. The van der Waals surface area contributed by atoms with Crippen LogP contribution in [0.25, 0.3) is 0 Å². The molecule has 1 saturated heterocycles. The van der Waals surface area contributed by atoms with Crippen LogP contribution >= 0.6 is 11.6 Å². The van der Waals surface area contributed by atoms with E-state index in [0.717, 1.165) is 35.5 Å². The minimum atomic E-state index is -0.107. The lowest BCUT2D eigenvalue weighted by molar-refractivity contribution is 0.0475. The van der Waals surface area contributed by atoms with Gasteiger partial charge in [0.25, 0.3) is 5.91 Å². The van der Waals surface area contributed by atoms with Crippen LogP contribution in [-0.4, -0.2) is 51.6 Å². The lowest BCUT2D eigenvalue weighted by Crippen LogP contribution is -2.53. The second-order valence-corrected chi connectivity index (χ2v) is 8.27. The molecule has 32 heavy (non-hydrogen) atoms. The number of benzene rings is 2. The van der Waals surface area contributed by atoms with Crippen LogP contribution in [0.2, 0.25) is 5.02 Å². The second kappa shape index (κ2) is 9.39. The molecule has 0 unspecified atom stereocenters. The van der Waals surface area contributed by atoms with E-state index >= 15 is 0 Å². The van der Waals surface area contributed by atoms with E-state index in [-0.39, 0.29) is 23.9 Å². The summed E-state index contributed by atoms with van der Waals surface area (Å²) in [7, 11) is 0. The average molecular weight is 451 g/mol. The average Bonchev–Trinajstić information content (AvgIpc) is 3.25. The molecule has 1 atom stereocenters. The van der Waals surface area contributed by atoms with Gasteiger partial charge in [-0.25, -0.2) is 0 Å². The highest BCUT2D eigenvalue weighted by Crippen LogP contribution is 2.29. The third kappa shape index (κ3) is 4.74. The number of halogens is 1. The van der Waals surface area contributed by atoms with Crippen LogP contribution < -0.4 is 5.32 Å². The van der Waals surface area contributed by atoms with Gasteiger partial charge in [-0.1, -0.05) is 40.0 Å². The maximum absolute atomic E-state index is 12.9. The zero-order chi connectivity index (χ0) is 22.7.